The van der Waals surface area contributed by atoms with Crippen molar-refractivity contribution in [3.8, 4) is 0 Å². The molecule has 0 atom stereocenters. The van der Waals surface area contributed by atoms with Crippen LogP contribution in [0.3, 0.4) is 0 Å². The molecule has 0 fully saturated rings. The summed E-state index contributed by atoms with van der Waals surface area (Å²) in [5, 5.41) is 0. The quantitative estimate of drug-likeness (QED) is 0.509. The van der Waals surface area contributed by atoms with Crippen LogP contribution < -0.4 is 5.73 Å². The van der Waals surface area contributed by atoms with Gasteiger partial charge in [0.05, 0.1) is 4.99 Å². The fraction of sp³-hybridized carbons (Fsp3) is 0.889. The van der Waals surface area contributed by atoms with E-state index in [9.17, 15) is 0 Å². The monoisotopic (exact) mass is 188 g/mol. The molecule has 0 spiro atoms. The topological polar surface area (TPSA) is 29.3 Å². The summed E-state index contributed by atoms with van der Waals surface area (Å²) in [6.45, 7) is 5.54. The van der Waals surface area contributed by atoms with E-state index in [-0.39, 0.29) is 0 Å². The van der Waals surface area contributed by atoms with Crippen molar-refractivity contribution in [2.45, 2.75) is 39.2 Å². The molecule has 12 heavy (non-hydrogen) atoms. The number of thiocarbonyl (C=S) groups is 1. The summed E-state index contributed by atoms with van der Waals surface area (Å²) in [5.74, 6) is 0. The predicted molar refractivity (Wildman–Crippen MR) is 58.4 cm³/mol. The minimum absolute atomic E-state index is 0.634. The zero-order valence-electron chi connectivity index (χ0n) is 8.34. The Balaban J connectivity index is 3.25. The van der Waals surface area contributed by atoms with E-state index in [4.69, 9.17) is 18.0 Å². The van der Waals surface area contributed by atoms with Gasteiger partial charge in [-0.2, -0.15) is 0 Å². The molecule has 0 saturated carbocycles. The van der Waals surface area contributed by atoms with E-state index >= 15 is 0 Å². The lowest BCUT2D eigenvalue weighted by molar-refractivity contribution is 0.269. The molecule has 0 amide bonds. The van der Waals surface area contributed by atoms with Crippen LogP contribution in [-0.2, 0) is 0 Å². The van der Waals surface area contributed by atoms with Gasteiger partial charge in [0.1, 0.15) is 0 Å². The van der Waals surface area contributed by atoms with Gasteiger partial charge < -0.3 is 10.6 Å². The molecule has 0 aliphatic carbocycles. The van der Waals surface area contributed by atoms with Crippen molar-refractivity contribution in [2.24, 2.45) is 5.73 Å². The van der Waals surface area contributed by atoms with Crippen LogP contribution in [0.2, 0.25) is 0 Å². The maximum absolute atomic E-state index is 5.39. The average molecular weight is 188 g/mol. The molecule has 0 rings (SSSR count). The third-order valence-corrected chi connectivity index (χ3v) is 2.27. The molecular formula is C9H20N2S. The predicted octanol–water partition coefficient (Wildman–Crippen LogP) is 1.78. The fourth-order valence-electron chi connectivity index (χ4n) is 0.919. The van der Waals surface area contributed by atoms with Crippen molar-refractivity contribution in [3.05, 3.63) is 0 Å². The lowest BCUT2D eigenvalue weighted by Crippen LogP contribution is -2.27. The molecule has 0 aromatic rings. The van der Waals surface area contributed by atoms with Gasteiger partial charge in [0.25, 0.3) is 0 Å². The van der Waals surface area contributed by atoms with Crippen molar-refractivity contribution in [3.63, 3.8) is 0 Å². The first-order valence-electron chi connectivity index (χ1n) is 4.52. The molecule has 0 unspecified atom stereocenters. The van der Waals surface area contributed by atoms with Crippen molar-refractivity contribution in [1.29, 1.82) is 0 Å². The highest BCUT2D eigenvalue weighted by molar-refractivity contribution is 7.80. The third kappa shape index (κ3) is 6.55. The van der Waals surface area contributed by atoms with Crippen LogP contribution in [0.15, 0.2) is 0 Å². The molecule has 2 N–H and O–H groups in total. The number of nitrogens with two attached hydrogens (primary N) is 1. The van der Waals surface area contributed by atoms with Gasteiger partial charge >= 0.3 is 0 Å². The molecule has 0 bridgehead atoms. The van der Waals surface area contributed by atoms with Crippen LogP contribution in [0.5, 0.6) is 0 Å². The van der Waals surface area contributed by atoms with Gasteiger partial charge in [-0.1, -0.05) is 12.2 Å². The molecule has 3 heteroatoms. The summed E-state index contributed by atoms with van der Waals surface area (Å²) in [6.07, 6.45) is 3.19. The summed E-state index contributed by atoms with van der Waals surface area (Å²) in [6, 6.07) is 0.634. The van der Waals surface area contributed by atoms with E-state index in [1.165, 1.54) is 6.42 Å². The molecule has 72 valence electrons. The van der Waals surface area contributed by atoms with E-state index in [1.54, 1.807) is 0 Å². The number of hydrogen-bond acceptors (Lipinski definition) is 2. The van der Waals surface area contributed by atoms with Crippen LogP contribution in [0.1, 0.15) is 33.1 Å². The van der Waals surface area contributed by atoms with Crippen LogP contribution in [0.4, 0.5) is 0 Å². The summed E-state index contributed by atoms with van der Waals surface area (Å²) in [5.41, 5.74) is 5.39. The van der Waals surface area contributed by atoms with Crippen LogP contribution in [0, 0.1) is 0 Å². The normalized spacial score (nSPS) is 11.1. The van der Waals surface area contributed by atoms with Gasteiger partial charge in [-0.25, -0.2) is 0 Å². The minimum atomic E-state index is 0.634. The van der Waals surface area contributed by atoms with Gasteiger partial charge in [0.15, 0.2) is 0 Å². The molecule has 2 nitrogen and oxygen atoms in total. The van der Waals surface area contributed by atoms with Gasteiger partial charge in [0, 0.05) is 6.04 Å². The van der Waals surface area contributed by atoms with Crippen LogP contribution in [0.25, 0.3) is 0 Å². The highest BCUT2D eigenvalue weighted by Crippen LogP contribution is 2.00. The molecule has 0 aliphatic rings. The molecule has 0 heterocycles. The molecule has 0 radical (unpaired) electrons. The van der Waals surface area contributed by atoms with Gasteiger partial charge in [-0.15, -0.1) is 0 Å². The summed E-state index contributed by atoms with van der Waals surface area (Å²) in [7, 11) is 2.14. The van der Waals surface area contributed by atoms with Crippen molar-refractivity contribution in [1.82, 2.24) is 4.90 Å². The van der Waals surface area contributed by atoms with Gasteiger partial charge in [-0.3, -0.25) is 0 Å². The highest BCUT2D eigenvalue weighted by atomic mass is 32.1. The second-order valence-electron chi connectivity index (χ2n) is 3.50. The Morgan fingerprint density at radius 3 is 2.42 bits per heavy atom. The second-order valence-corrected chi connectivity index (χ2v) is 4.02. The van der Waals surface area contributed by atoms with Crippen molar-refractivity contribution in [2.75, 3.05) is 13.6 Å². The largest absolute Gasteiger partial charge is 0.393 e. The van der Waals surface area contributed by atoms with Crippen LogP contribution in [-0.4, -0.2) is 29.5 Å². The highest BCUT2D eigenvalue weighted by Gasteiger charge is 2.01. The Hall–Kier alpha value is -0.150. The van der Waals surface area contributed by atoms with E-state index in [1.807, 2.05) is 0 Å². The number of rotatable bonds is 6. The average Bonchev–Trinajstić information content (AvgIpc) is 1.97. The van der Waals surface area contributed by atoms with Gasteiger partial charge in [-0.05, 0) is 46.7 Å². The Labute approximate surface area is 81.1 Å². The molecular weight excluding hydrogens is 168 g/mol. The smallest absolute Gasteiger partial charge is 0.0727 e. The first-order valence-corrected chi connectivity index (χ1v) is 4.93. The molecule has 0 aliphatic heterocycles. The standard InChI is InChI=1S/C9H20N2S/c1-8(2)11(3)7-5-4-6-9(10)12/h8H,4-7H2,1-3H3,(H2,10,12). The SMILES string of the molecule is CC(C)N(C)CCCCC(N)=S. The maximum Gasteiger partial charge on any atom is 0.0727 e. The summed E-state index contributed by atoms with van der Waals surface area (Å²) in [4.78, 5) is 2.97. The van der Waals surface area contributed by atoms with Crippen molar-refractivity contribution < 1.29 is 0 Å². The van der Waals surface area contributed by atoms with Gasteiger partial charge in [0.2, 0.25) is 0 Å². The second kappa shape index (κ2) is 6.38. The number of hydrogen-bond donors (Lipinski definition) is 1. The Bertz CT molecular complexity index is 134. The third-order valence-electron chi connectivity index (χ3n) is 2.07. The molecule has 0 aromatic heterocycles. The van der Waals surface area contributed by atoms with Crippen molar-refractivity contribution >= 4 is 17.2 Å². The lowest BCUT2D eigenvalue weighted by atomic mass is 10.2. The van der Waals surface area contributed by atoms with E-state index in [0.717, 1.165) is 19.4 Å². The first kappa shape index (κ1) is 11.8. The number of unbranched alkanes of at least 4 members (excludes halogenated alkanes) is 1. The maximum atomic E-state index is 5.39. The summed E-state index contributed by atoms with van der Waals surface area (Å²) < 4.78 is 0. The fourth-order valence-corrected chi connectivity index (χ4v) is 1.06. The minimum Gasteiger partial charge on any atom is -0.393 e. The van der Waals surface area contributed by atoms with E-state index in [2.05, 4.69) is 25.8 Å². The summed E-state index contributed by atoms with van der Waals surface area (Å²) >= 11 is 4.79. The van der Waals surface area contributed by atoms with Crippen LogP contribution >= 0.6 is 12.2 Å². The number of nitrogens with zero attached hydrogens (tertiary/aromatic N) is 1. The Morgan fingerprint density at radius 2 is 2.00 bits per heavy atom. The Kier molecular flexibility index (Phi) is 6.30. The lowest BCUT2D eigenvalue weighted by Gasteiger charge is -2.20. The zero-order valence-corrected chi connectivity index (χ0v) is 9.16. The molecule has 0 aromatic carbocycles. The van der Waals surface area contributed by atoms with E-state index < -0.39 is 0 Å². The zero-order chi connectivity index (χ0) is 9.56. The first-order chi connectivity index (χ1) is 5.54. The van der Waals surface area contributed by atoms with E-state index in [0.29, 0.717) is 11.0 Å². The Morgan fingerprint density at radius 1 is 1.42 bits per heavy atom. The molecule has 0 saturated heterocycles.